The molecule has 6 aromatic rings. The number of carbonyl (C=O) groups is 1. The number of halogens is 1. The van der Waals surface area contributed by atoms with Gasteiger partial charge in [0.25, 0.3) is 0 Å². The maximum Gasteiger partial charge on any atom is 0.407 e. The van der Waals surface area contributed by atoms with Gasteiger partial charge in [0.1, 0.15) is 23.3 Å². The van der Waals surface area contributed by atoms with Crippen molar-refractivity contribution in [3.8, 4) is 11.3 Å². The van der Waals surface area contributed by atoms with Crippen LogP contribution in [0.15, 0.2) is 116 Å². The smallest absolute Gasteiger partial charge is 0.407 e. The number of nitrogens with one attached hydrogen (secondary N) is 1. The molecule has 4 aromatic carbocycles. The zero-order valence-corrected chi connectivity index (χ0v) is 28.3. The predicted molar refractivity (Wildman–Crippen MR) is 190 cm³/mol. The van der Waals surface area contributed by atoms with Crippen LogP contribution in [0.1, 0.15) is 68.5 Å². The average molecular weight is 654 g/mol. The van der Waals surface area contributed by atoms with Crippen molar-refractivity contribution in [1.82, 2.24) is 25.1 Å². The van der Waals surface area contributed by atoms with Gasteiger partial charge in [-0.1, -0.05) is 97.9 Å². The van der Waals surface area contributed by atoms with Gasteiger partial charge >= 0.3 is 6.09 Å². The highest BCUT2D eigenvalue weighted by atomic mass is 19.1. The fraction of sp³-hybridized carbons (Fsp3) is 0.268. The van der Waals surface area contributed by atoms with E-state index in [4.69, 9.17) is 19.8 Å². The van der Waals surface area contributed by atoms with E-state index in [0.717, 1.165) is 46.2 Å². The number of benzene rings is 4. The summed E-state index contributed by atoms with van der Waals surface area (Å²) in [5, 5.41) is 9.03. The van der Waals surface area contributed by atoms with Crippen molar-refractivity contribution in [3.05, 3.63) is 149 Å². The van der Waals surface area contributed by atoms with Crippen molar-refractivity contribution in [2.45, 2.75) is 63.5 Å². The van der Waals surface area contributed by atoms with Gasteiger partial charge in [0.15, 0.2) is 5.65 Å². The van der Waals surface area contributed by atoms with Crippen molar-refractivity contribution in [3.63, 3.8) is 0 Å². The second kappa shape index (κ2) is 12.6. The molecule has 0 atom stereocenters. The molecule has 1 N–H and O–H groups in total. The maximum absolute atomic E-state index is 15.6. The van der Waals surface area contributed by atoms with Crippen LogP contribution >= 0.6 is 0 Å². The summed E-state index contributed by atoms with van der Waals surface area (Å²) < 4.78 is 23.0. The molecule has 49 heavy (non-hydrogen) atoms. The fourth-order valence-corrected chi connectivity index (χ4v) is 6.93. The summed E-state index contributed by atoms with van der Waals surface area (Å²) in [6.45, 7) is 7.91. The number of aryl methyl sites for hydroxylation is 1. The fourth-order valence-electron chi connectivity index (χ4n) is 6.93. The number of alkyl carbamates (subject to hydrolysis) is 1. The van der Waals surface area contributed by atoms with E-state index >= 15 is 4.39 Å². The molecule has 2 aromatic heterocycles. The monoisotopic (exact) mass is 653 g/mol. The minimum absolute atomic E-state index is 0.357. The largest absolute Gasteiger partial charge is 0.444 e. The van der Waals surface area contributed by atoms with Gasteiger partial charge in [-0.05, 0) is 80.5 Å². The summed E-state index contributed by atoms with van der Waals surface area (Å²) >= 11 is 0. The van der Waals surface area contributed by atoms with Crippen LogP contribution in [0.4, 0.5) is 9.18 Å². The first-order chi connectivity index (χ1) is 23.6. The Morgan fingerprint density at radius 2 is 1.43 bits per heavy atom. The van der Waals surface area contributed by atoms with Crippen molar-refractivity contribution in [1.29, 1.82) is 0 Å². The normalized spacial score (nSPS) is 14.1. The Bertz CT molecular complexity index is 2010. The molecule has 7 rings (SSSR count). The second-order valence-electron chi connectivity index (χ2n) is 13.8. The summed E-state index contributed by atoms with van der Waals surface area (Å²) in [5.74, 6) is -0.361. The highest BCUT2D eigenvalue weighted by Gasteiger charge is 2.45. The van der Waals surface area contributed by atoms with Crippen LogP contribution in [0.25, 0.3) is 22.3 Å². The van der Waals surface area contributed by atoms with Crippen LogP contribution in [0, 0.1) is 5.82 Å². The van der Waals surface area contributed by atoms with E-state index < -0.39 is 17.2 Å². The lowest BCUT2D eigenvalue weighted by Gasteiger charge is -2.36. The molecule has 2 heterocycles. The van der Waals surface area contributed by atoms with Gasteiger partial charge in [-0.25, -0.2) is 23.8 Å². The Hall–Kier alpha value is -5.37. The third-order valence-electron chi connectivity index (χ3n) is 9.37. The third-order valence-corrected chi connectivity index (χ3v) is 9.37. The Kier molecular flexibility index (Phi) is 8.27. The van der Waals surface area contributed by atoms with Crippen molar-refractivity contribution < 1.29 is 13.9 Å². The molecule has 0 aliphatic heterocycles. The number of hydrogen-bond acceptors (Lipinski definition) is 5. The Morgan fingerprint density at radius 1 is 0.857 bits per heavy atom. The van der Waals surface area contributed by atoms with Gasteiger partial charge in [0, 0.05) is 17.5 Å². The standard InChI is InChI=1S/C41H40FN5O2/c1-5-34-35-36(28-23-32(25-33(42)24-28)40(21-22-40)26-43-38(48)49-39(2,3)4)44-27-45-37(35)47(46-34)41(29-15-9-6-10-16-29,30-17-11-7-12-18-30)31-19-13-8-14-20-31/h6-20,23-25,27H,5,21-22,26H2,1-4H3,(H,43,48). The SMILES string of the molecule is CCc1nn(C(c2ccccc2)(c2ccccc2)c2ccccc2)c2ncnc(-c3cc(F)cc(C4(CNC(=O)OC(C)(C)C)CC4)c3)c12. The molecule has 1 aliphatic carbocycles. The number of amides is 1. The Balaban J connectivity index is 1.41. The topological polar surface area (TPSA) is 81.9 Å². The molecule has 248 valence electrons. The second-order valence-corrected chi connectivity index (χ2v) is 13.8. The van der Waals surface area contributed by atoms with E-state index in [-0.39, 0.29) is 11.2 Å². The number of ether oxygens (including phenoxy) is 1. The van der Waals surface area contributed by atoms with Gasteiger partial charge in [-0.2, -0.15) is 5.10 Å². The molecule has 0 unspecified atom stereocenters. The zero-order valence-electron chi connectivity index (χ0n) is 28.3. The highest BCUT2D eigenvalue weighted by molar-refractivity contribution is 5.93. The zero-order chi connectivity index (χ0) is 34.2. The van der Waals surface area contributed by atoms with Crippen molar-refractivity contribution in [2.24, 2.45) is 0 Å². The van der Waals surface area contributed by atoms with Crippen LogP contribution in [-0.2, 0) is 22.1 Å². The molecule has 0 bridgehead atoms. The first kappa shape index (κ1) is 32.2. The lowest BCUT2D eigenvalue weighted by atomic mass is 9.77. The Labute approximate surface area is 286 Å². The van der Waals surface area contributed by atoms with E-state index in [0.29, 0.717) is 29.9 Å². The molecular formula is C41H40FN5O2. The summed E-state index contributed by atoms with van der Waals surface area (Å²) in [6.07, 6.45) is 3.34. The van der Waals surface area contributed by atoms with Gasteiger partial charge in [-0.15, -0.1) is 0 Å². The number of hydrogen-bond donors (Lipinski definition) is 1. The van der Waals surface area contributed by atoms with Crippen LogP contribution in [-0.4, -0.2) is 38.0 Å². The summed E-state index contributed by atoms with van der Waals surface area (Å²) in [4.78, 5) is 22.2. The summed E-state index contributed by atoms with van der Waals surface area (Å²) in [5.41, 5.74) is 4.78. The van der Waals surface area contributed by atoms with E-state index in [1.807, 2.05) is 86.1 Å². The van der Waals surface area contributed by atoms with Crippen LogP contribution < -0.4 is 5.32 Å². The predicted octanol–water partition coefficient (Wildman–Crippen LogP) is 8.59. The minimum atomic E-state index is -0.875. The molecule has 1 aliphatic rings. The first-order valence-electron chi connectivity index (χ1n) is 16.8. The van der Waals surface area contributed by atoms with Crippen molar-refractivity contribution in [2.75, 3.05) is 6.54 Å². The first-order valence-corrected chi connectivity index (χ1v) is 16.8. The molecule has 0 saturated heterocycles. The van der Waals surface area contributed by atoms with E-state index in [9.17, 15) is 4.79 Å². The minimum Gasteiger partial charge on any atom is -0.444 e. The number of rotatable bonds is 9. The molecular weight excluding hydrogens is 613 g/mol. The maximum atomic E-state index is 15.6. The van der Waals surface area contributed by atoms with Gasteiger partial charge in [0.05, 0.1) is 16.8 Å². The summed E-state index contributed by atoms with van der Waals surface area (Å²) in [6, 6.07) is 36.2. The number of aromatic nitrogens is 4. The number of fused-ring (bicyclic) bond motifs is 1. The third kappa shape index (κ3) is 5.96. The van der Waals surface area contributed by atoms with E-state index in [1.54, 1.807) is 12.4 Å². The molecule has 0 radical (unpaired) electrons. The van der Waals surface area contributed by atoms with Crippen molar-refractivity contribution >= 4 is 17.1 Å². The lowest BCUT2D eigenvalue weighted by Crippen LogP contribution is -2.38. The van der Waals surface area contributed by atoms with Gasteiger partial charge in [0.2, 0.25) is 0 Å². The lowest BCUT2D eigenvalue weighted by molar-refractivity contribution is 0.0522. The molecule has 7 nitrogen and oxygen atoms in total. The van der Waals surface area contributed by atoms with Gasteiger partial charge < -0.3 is 10.1 Å². The Morgan fingerprint density at radius 3 is 1.94 bits per heavy atom. The molecule has 1 saturated carbocycles. The highest BCUT2D eigenvalue weighted by Crippen LogP contribution is 2.49. The number of carbonyl (C=O) groups excluding carboxylic acids is 1. The molecule has 1 fully saturated rings. The number of nitrogens with zero attached hydrogens (tertiary/aromatic N) is 4. The van der Waals surface area contributed by atoms with Crippen LogP contribution in [0.2, 0.25) is 0 Å². The van der Waals surface area contributed by atoms with Crippen LogP contribution in [0.5, 0.6) is 0 Å². The quantitative estimate of drug-likeness (QED) is 0.158. The van der Waals surface area contributed by atoms with E-state index in [2.05, 4.69) is 48.6 Å². The summed E-state index contributed by atoms with van der Waals surface area (Å²) in [7, 11) is 0. The molecule has 8 heteroatoms. The van der Waals surface area contributed by atoms with Crippen LogP contribution in [0.3, 0.4) is 0 Å². The van der Waals surface area contributed by atoms with Gasteiger partial charge in [-0.3, -0.25) is 0 Å². The molecule has 1 amide bonds. The van der Waals surface area contributed by atoms with E-state index in [1.165, 1.54) is 6.07 Å². The molecule has 0 spiro atoms. The average Bonchev–Trinajstić information content (AvgIpc) is 3.82.